The first kappa shape index (κ1) is 19.3. The number of carbonyl (C=O) groups is 1. The van der Waals surface area contributed by atoms with Crippen LogP contribution in [-0.4, -0.2) is 53.3 Å². The molecule has 3 N–H and O–H groups in total. The van der Waals surface area contributed by atoms with Crippen molar-refractivity contribution in [3.05, 3.63) is 47.9 Å². The number of ether oxygens (including phenoxy) is 1. The van der Waals surface area contributed by atoms with Crippen LogP contribution < -0.4 is 5.32 Å². The van der Waals surface area contributed by atoms with Gasteiger partial charge in [0.05, 0.1) is 12.5 Å². The second-order valence-corrected chi connectivity index (χ2v) is 6.14. The van der Waals surface area contributed by atoms with Crippen molar-refractivity contribution < 1.29 is 24.0 Å². The largest absolute Gasteiger partial charge is 0.475 e. The lowest BCUT2D eigenvalue weighted by atomic mass is 9.76. The van der Waals surface area contributed by atoms with Gasteiger partial charge in [0.1, 0.15) is 11.9 Å². The Bertz CT molecular complexity index is 583. The first-order valence-electron chi connectivity index (χ1n) is 8.42. The van der Waals surface area contributed by atoms with E-state index in [2.05, 4.69) is 10.2 Å². The summed E-state index contributed by atoms with van der Waals surface area (Å²) in [5, 5.41) is 21.5. The lowest BCUT2D eigenvalue weighted by Gasteiger charge is -2.31. The Morgan fingerprint density at radius 2 is 2.20 bits per heavy atom. The predicted molar refractivity (Wildman–Crippen MR) is 93.1 cm³/mol. The van der Waals surface area contributed by atoms with Gasteiger partial charge in [-0.1, -0.05) is 18.2 Å². The Hall–Kier alpha value is -2.06. The highest BCUT2D eigenvalue weighted by atomic mass is 19.1. The number of alkyl carbamates (subject to hydrolysis) is 1. The highest BCUT2D eigenvalue weighted by Gasteiger charge is 2.28. The topological polar surface area (TPSA) is 82.0 Å². The van der Waals surface area contributed by atoms with Crippen LogP contribution in [0.25, 0.3) is 0 Å². The van der Waals surface area contributed by atoms with E-state index in [0.717, 1.165) is 19.4 Å². The van der Waals surface area contributed by atoms with Crippen molar-refractivity contribution in [2.75, 3.05) is 13.1 Å². The molecule has 2 atom stereocenters. The monoisotopic (exact) mass is 350 g/mol. The summed E-state index contributed by atoms with van der Waals surface area (Å²) in [6.07, 6.45) is 4.81. The molecule has 0 radical (unpaired) electrons. The second kappa shape index (κ2) is 9.43. The summed E-state index contributed by atoms with van der Waals surface area (Å²) in [6.45, 7) is 3.47. The van der Waals surface area contributed by atoms with E-state index in [1.165, 1.54) is 24.3 Å². The van der Waals surface area contributed by atoms with Gasteiger partial charge in [0.25, 0.3) is 0 Å². The van der Waals surface area contributed by atoms with Crippen LogP contribution in [0, 0.1) is 5.82 Å². The first-order chi connectivity index (χ1) is 12.0. The minimum Gasteiger partial charge on any atom is -0.444 e. The van der Waals surface area contributed by atoms with E-state index >= 15 is 0 Å². The van der Waals surface area contributed by atoms with Crippen molar-refractivity contribution >= 4 is 13.2 Å². The van der Waals surface area contributed by atoms with Crippen LogP contribution in [-0.2, 0) is 11.2 Å². The molecule has 1 saturated heterocycles. The van der Waals surface area contributed by atoms with E-state index in [4.69, 9.17) is 4.74 Å². The Balaban J connectivity index is 1.88. The summed E-state index contributed by atoms with van der Waals surface area (Å²) in [5.74, 6) is -1.31. The molecule has 1 aliphatic rings. The molecule has 1 aromatic carbocycles. The quantitative estimate of drug-likeness (QED) is 0.677. The Kier molecular flexibility index (Phi) is 7.27. The highest BCUT2D eigenvalue weighted by Crippen LogP contribution is 2.14. The van der Waals surface area contributed by atoms with Gasteiger partial charge in [-0.3, -0.25) is 0 Å². The van der Waals surface area contributed by atoms with Crippen LogP contribution in [0.1, 0.15) is 25.3 Å². The van der Waals surface area contributed by atoms with E-state index in [9.17, 15) is 19.2 Å². The number of amides is 1. The zero-order chi connectivity index (χ0) is 18.2. The summed E-state index contributed by atoms with van der Waals surface area (Å²) in [7, 11) is -1.75. The molecule has 1 aromatic rings. The SMILES string of the molecule is CC=CN1CCC[C@H](OC(=O)NC(Cc2ccc(F)cc2)B(O)O)C1. The molecule has 2 rings (SSSR count). The van der Waals surface area contributed by atoms with Gasteiger partial charge in [-0.25, -0.2) is 9.18 Å². The number of allylic oxidation sites excluding steroid dienone is 1. The van der Waals surface area contributed by atoms with Crippen molar-refractivity contribution in [2.24, 2.45) is 0 Å². The maximum Gasteiger partial charge on any atom is 0.475 e. The molecule has 1 heterocycles. The van der Waals surface area contributed by atoms with Crippen molar-refractivity contribution in [1.29, 1.82) is 0 Å². The normalized spacial score (nSPS) is 18.9. The second-order valence-electron chi connectivity index (χ2n) is 6.14. The summed E-state index contributed by atoms with van der Waals surface area (Å²) in [4.78, 5) is 14.2. The predicted octanol–water partition coefficient (Wildman–Crippen LogP) is 1.47. The summed E-state index contributed by atoms with van der Waals surface area (Å²) < 4.78 is 18.3. The molecule has 8 heteroatoms. The number of nitrogens with zero attached hydrogens (tertiary/aromatic N) is 1. The average molecular weight is 350 g/mol. The molecule has 1 aliphatic heterocycles. The molecule has 0 saturated carbocycles. The van der Waals surface area contributed by atoms with Crippen LogP contribution in [0.4, 0.5) is 9.18 Å². The van der Waals surface area contributed by atoms with Gasteiger partial charge >= 0.3 is 13.2 Å². The van der Waals surface area contributed by atoms with Gasteiger partial charge in [0.2, 0.25) is 0 Å². The molecule has 1 amide bonds. The van der Waals surface area contributed by atoms with Crippen LogP contribution in [0.5, 0.6) is 0 Å². The molecule has 0 bridgehead atoms. The average Bonchev–Trinajstić information content (AvgIpc) is 2.56. The molecule has 1 fully saturated rings. The number of nitrogens with one attached hydrogen (secondary N) is 1. The molecule has 0 aliphatic carbocycles. The Labute approximate surface area is 147 Å². The Morgan fingerprint density at radius 3 is 2.84 bits per heavy atom. The molecule has 6 nitrogen and oxygen atoms in total. The van der Waals surface area contributed by atoms with E-state index in [0.29, 0.717) is 12.1 Å². The van der Waals surface area contributed by atoms with Crippen molar-refractivity contribution in [3.8, 4) is 0 Å². The molecule has 0 aromatic heterocycles. The standard InChI is InChI=1S/C17H24BFN2O4/c1-2-9-21-10-3-4-15(12-21)25-17(22)20-16(18(23)24)11-13-5-7-14(19)8-6-13/h2,5-9,15-16,23-24H,3-4,10-12H2,1H3,(H,20,22)/t15-,16?/m0/s1. The third kappa shape index (κ3) is 6.40. The fraction of sp³-hybridized carbons (Fsp3) is 0.471. The van der Waals surface area contributed by atoms with Crippen LogP contribution in [0.15, 0.2) is 36.5 Å². The zero-order valence-corrected chi connectivity index (χ0v) is 14.3. The lowest BCUT2D eigenvalue weighted by Crippen LogP contribution is -2.49. The fourth-order valence-corrected chi connectivity index (χ4v) is 2.85. The van der Waals surface area contributed by atoms with Crippen LogP contribution in [0.3, 0.4) is 0 Å². The number of hydrogen-bond donors (Lipinski definition) is 3. The van der Waals surface area contributed by atoms with Gasteiger partial charge in [0.15, 0.2) is 0 Å². The van der Waals surface area contributed by atoms with E-state index < -0.39 is 19.2 Å². The smallest absolute Gasteiger partial charge is 0.444 e. The van der Waals surface area contributed by atoms with Crippen molar-refractivity contribution in [1.82, 2.24) is 10.2 Å². The van der Waals surface area contributed by atoms with Gasteiger partial charge < -0.3 is 25.0 Å². The first-order valence-corrected chi connectivity index (χ1v) is 8.42. The number of carbonyl (C=O) groups excluding carboxylic acids is 1. The van der Waals surface area contributed by atoms with E-state index in [-0.39, 0.29) is 18.3 Å². The molecule has 1 unspecified atom stereocenters. The fourth-order valence-electron chi connectivity index (χ4n) is 2.85. The van der Waals surface area contributed by atoms with E-state index in [1.54, 1.807) is 0 Å². The zero-order valence-electron chi connectivity index (χ0n) is 14.3. The third-order valence-corrected chi connectivity index (χ3v) is 4.08. The Morgan fingerprint density at radius 1 is 1.48 bits per heavy atom. The van der Waals surface area contributed by atoms with Gasteiger partial charge in [-0.15, -0.1) is 0 Å². The summed E-state index contributed by atoms with van der Waals surface area (Å²) >= 11 is 0. The third-order valence-electron chi connectivity index (χ3n) is 4.08. The minimum atomic E-state index is -1.75. The molecule has 0 spiro atoms. The molecule has 25 heavy (non-hydrogen) atoms. The molecular weight excluding hydrogens is 326 g/mol. The van der Waals surface area contributed by atoms with Gasteiger partial charge in [-0.2, -0.15) is 0 Å². The number of halogens is 1. The molecule has 136 valence electrons. The highest BCUT2D eigenvalue weighted by molar-refractivity contribution is 6.43. The number of hydrogen-bond acceptors (Lipinski definition) is 5. The summed E-state index contributed by atoms with van der Waals surface area (Å²) in [5.41, 5.74) is 0.678. The van der Waals surface area contributed by atoms with Crippen LogP contribution >= 0.6 is 0 Å². The summed E-state index contributed by atoms with van der Waals surface area (Å²) in [6, 6.07) is 5.64. The number of likely N-dealkylation sites (tertiary alicyclic amines) is 1. The maximum atomic E-state index is 12.9. The van der Waals surface area contributed by atoms with Crippen LogP contribution in [0.2, 0.25) is 0 Å². The lowest BCUT2D eigenvalue weighted by molar-refractivity contribution is 0.0552. The van der Waals surface area contributed by atoms with Gasteiger partial charge in [0, 0.05) is 6.54 Å². The van der Waals surface area contributed by atoms with Crippen molar-refractivity contribution in [2.45, 2.75) is 38.2 Å². The minimum absolute atomic E-state index is 0.155. The van der Waals surface area contributed by atoms with Crippen molar-refractivity contribution in [3.63, 3.8) is 0 Å². The van der Waals surface area contributed by atoms with E-state index in [1.807, 2.05) is 19.2 Å². The number of benzene rings is 1. The van der Waals surface area contributed by atoms with Gasteiger partial charge in [-0.05, 0) is 50.1 Å². The molecular formula is C17H24BFN2O4. The number of rotatable bonds is 6. The number of piperidine rings is 1. The maximum absolute atomic E-state index is 12.9.